The summed E-state index contributed by atoms with van der Waals surface area (Å²) in [4.78, 5) is 9.91. The molecule has 0 aromatic heterocycles. The first-order chi connectivity index (χ1) is 9.91. The fourth-order valence-corrected chi connectivity index (χ4v) is 2.37. The molecule has 0 amide bonds. The molecule has 20 heavy (non-hydrogen) atoms. The molecule has 1 radical (unpaired) electrons. The van der Waals surface area contributed by atoms with Crippen molar-refractivity contribution in [3.8, 4) is 0 Å². The van der Waals surface area contributed by atoms with E-state index in [9.17, 15) is 4.79 Å². The average molecular weight is 277 g/mol. The summed E-state index contributed by atoms with van der Waals surface area (Å²) in [6.07, 6.45) is 26.8. The van der Waals surface area contributed by atoms with E-state index in [-0.39, 0.29) is 0 Å². The fourth-order valence-electron chi connectivity index (χ4n) is 2.37. The average Bonchev–Trinajstić information content (AvgIpc) is 2.47. The SMILES string of the molecule is CCCCCCCCCCCCCCC=CC=C[C]=O. The largest absolute Gasteiger partial charge is 0.286 e. The van der Waals surface area contributed by atoms with Crippen LogP contribution in [0.25, 0.3) is 0 Å². The minimum Gasteiger partial charge on any atom is -0.286 e. The lowest BCUT2D eigenvalue weighted by molar-refractivity contribution is 0.545. The molecule has 0 aliphatic carbocycles. The fraction of sp³-hybridized carbons (Fsp3) is 0.737. The summed E-state index contributed by atoms with van der Waals surface area (Å²) in [5.41, 5.74) is 0. The second-order valence-electron chi connectivity index (χ2n) is 5.58. The molecule has 1 nitrogen and oxygen atoms in total. The van der Waals surface area contributed by atoms with Crippen molar-refractivity contribution >= 4 is 6.29 Å². The first-order valence-corrected chi connectivity index (χ1v) is 8.61. The van der Waals surface area contributed by atoms with Crippen molar-refractivity contribution in [1.29, 1.82) is 0 Å². The van der Waals surface area contributed by atoms with Crippen molar-refractivity contribution in [1.82, 2.24) is 0 Å². The van der Waals surface area contributed by atoms with E-state index < -0.39 is 0 Å². The highest BCUT2D eigenvalue weighted by Gasteiger charge is 1.92. The maximum atomic E-state index is 9.91. The van der Waals surface area contributed by atoms with E-state index in [0.29, 0.717) is 0 Å². The van der Waals surface area contributed by atoms with E-state index >= 15 is 0 Å². The number of hydrogen-bond donors (Lipinski definition) is 0. The van der Waals surface area contributed by atoms with Gasteiger partial charge in [-0.05, 0) is 18.9 Å². The zero-order chi connectivity index (χ0) is 14.7. The van der Waals surface area contributed by atoms with E-state index in [1.807, 2.05) is 6.08 Å². The van der Waals surface area contributed by atoms with Crippen LogP contribution in [0, 0.1) is 0 Å². The standard InChI is InChI=1S/C19H33O/c1-2-3-4-5-6-7-8-9-10-11-12-13-14-15-16-17-18-19-20/h15-18H,2-14H2,1H3. The highest BCUT2D eigenvalue weighted by Crippen LogP contribution is 2.12. The molecule has 0 rings (SSSR count). The van der Waals surface area contributed by atoms with Gasteiger partial charge in [0.05, 0.1) is 0 Å². The van der Waals surface area contributed by atoms with Gasteiger partial charge in [-0.25, -0.2) is 0 Å². The van der Waals surface area contributed by atoms with Crippen LogP contribution in [0.2, 0.25) is 0 Å². The van der Waals surface area contributed by atoms with Gasteiger partial charge in [0, 0.05) is 0 Å². The molecular weight excluding hydrogens is 244 g/mol. The van der Waals surface area contributed by atoms with Crippen LogP contribution in [0.5, 0.6) is 0 Å². The molecule has 0 fully saturated rings. The van der Waals surface area contributed by atoms with Gasteiger partial charge in [-0.2, -0.15) is 0 Å². The Morgan fingerprint density at radius 2 is 1.20 bits per heavy atom. The Kier molecular flexibility index (Phi) is 17.4. The summed E-state index contributed by atoms with van der Waals surface area (Å²) in [5, 5.41) is 0. The molecule has 0 aliphatic heterocycles. The van der Waals surface area contributed by atoms with Crippen molar-refractivity contribution in [2.75, 3.05) is 0 Å². The van der Waals surface area contributed by atoms with Crippen LogP contribution in [0.1, 0.15) is 90.4 Å². The minimum absolute atomic E-state index is 1.13. The maximum absolute atomic E-state index is 9.91. The molecule has 0 bridgehead atoms. The van der Waals surface area contributed by atoms with Crippen LogP contribution < -0.4 is 0 Å². The zero-order valence-corrected chi connectivity index (χ0v) is 13.4. The Hall–Kier alpha value is -0.850. The van der Waals surface area contributed by atoms with Crippen molar-refractivity contribution in [3.63, 3.8) is 0 Å². The van der Waals surface area contributed by atoms with Gasteiger partial charge in [0.15, 0.2) is 0 Å². The molecule has 115 valence electrons. The van der Waals surface area contributed by atoms with Crippen LogP contribution in [-0.2, 0) is 4.79 Å². The number of allylic oxidation sites excluding steroid dienone is 4. The summed E-state index contributed by atoms with van der Waals surface area (Å²) in [6, 6.07) is 0. The molecule has 0 spiro atoms. The molecule has 0 aromatic carbocycles. The van der Waals surface area contributed by atoms with Gasteiger partial charge in [0.2, 0.25) is 6.29 Å². The molecule has 0 aliphatic rings. The molecule has 1 heteroatoms. The normalized spacial score (nSPS) is 11.7. The Morgan fingerprint density at radius 3 is 1.70 bits per heavy atom. The molecule has 0 saturated heterocycles. The molecule has 0 heterocycles. The van der Waals surface area contributed by atoms with E-state index in [1.54, 1.807) is 12.4 Å². The maximum Gasteiger partial charge on any atom is 0.225 e. The third kappa shape index (κ3) is 17.2. The van der Waals surface area contributed by atoms with E-state index in [0.717, 1.165) is 6.42 Å². The molecule has 0 atom stereocenters. The van der Waals surface area contributed by atoms with Gasteiger partial charge in [0.1, 0.15) is 0 Å². The second kappa shape index (κ2) is 18.1. The molecule has 0 N–H and O–H groups in total. The smallest absolute Gasteiger partial charge is 0.225 e. The third-order valence-electron chi connectivity index (χ3n) is 3.64. The molecule has 0 aromatic rings. The van der Waals surface area contributed by atoms with Crippen LogP contribution in [0.4, 0.5) is 0 Å². The van der Waals surface area contributed by atoms with Gasteiger partial charge in [-0.3, -0.25) is 4.79 Å². The van der Waals surface area contributed by atoms with Crippen LogP contribution in [-0.4, -0.2) is 6.29 Å². The Labute approximate surface area is 126 Å². The van der Waals surface area contributed by atoms with Gasteiger partial charge < -0.3 is 0 Å². The zero-order valence-electron chi connectivity index (χ0n) is 13.4. The van der Waals surface area contributed by atoms with Crippen molar-refractivity contribution in [2.24, 2.45) is 0 Å². The van der Waals surface area contributed by atoms with Crippen LogP contribution in [0.3, 0.4) is 0 Å². The minimum atomic E-state index is 1.13. The Morgan fingerprint density at radius 1 is 0.700 bits per heavy atom. The summed E-state index contributed by atoms with van der Waals surface area (Å²) in [5.74, 6) is 0. The van der Waals surface area contributed by atoms with Crippen molar-refractivity contribution in [2.45, 2.75) is 90.4 Å². The Bertz CT molecular complexity index is 240. The number of unbranched alkanes of at least 4 members (excludes halogenated alkanes) is 12. The first kappa shape index (κ1) is 19.1. The lowest BCUT2D eigenvalue weighted by Crippen LogP contribution is -1.82. The summed E-state index contributed by atoms with van der Waals surface area (Å²) >= 11 is 0. The van der Waals surface area contributed by atoms with Crippen LogP contribution in [0.15, 0.2) is 24.3 Å². The quantitative estimate of drug-likeness (QED) is 0.195. The monoisotopic (exact) mass is 277 g/mol. The second-order valence-corrected chi connectivity index (χ2v) is 5.58. The van der Waals surface area contributed by atoms with E-state index in [4.69, 9.17) is 0 Å². The molecule has 0 saturated carbocycles. The number of rotatable bonds is 15. The van der Waals surface area contributed by atoms with Crippen molar-refractivity contribution in [3.05, 3.63) is 24.3 Å². The lowest BCUT2D eigenvalue weighted by Gasteiger charge is -2.02. The molecule has 0 unspecified atom stereocenters. The predicted octanol–water partition coefficient (Wildman–Crippen LogP) is 6.30. The van der Waals surface area contributed by atoms with Crippen LogP contribution >= 0.6 is 0 Å². The highest BCUT2D eigenvalue weighted by molar-refractivity contribution is 5.66. The van der Waals surface area contributed by atoms with E-state index in [1.165, 1.54) is 83.1 Å². The van der Waals surface area contributed by atoms with Gasteiger partial charge >= 0.3 is 0 Å². The highest BCUT2D eigenvalue weighted by atomic mass is 16.1. The summed E-state index contributed by atoms with van der Waals surface area (Å²) in [7, 11) is 0. The van der Waals surface area contributed by atoms with Crippen molar-refractivity contribution < 1.29 is 4.79 Å². The first-order valence-electron chi connectivity index (χ1n) is 8.61. The Balaban J connectivity index is 3.04. The van der Waals surface area contributed by atoms with E-state index in [2.05, 4.69) is 13.0 Å². The summed E-state index contributed by atoms with van der Waals surface area (Å²) < 4.78 is 0. The molecular formula is C19H33O. The predicted molar refractivity (Wildman–Crippen MR) is 89.7 cm³/mol. The number of carbonyl (C=O) groups excluding carboxylic acids is 1. The van der Waals surface area contributed by atoms with Gasteiger partial charge in [-0.15, -0.1) is 0 Å². The topological polar surface area (TPSA) is 17.1 Å². The third-order valence-corrected chi connectivity index (χ3v) is 3.64. The lowest BCUT2D eigenvalue weighted by atomic mass is 10.0. The van der Waals surface area contributed by atoms with Gasteiger partial charge in [-0.1, -0.05) is 95.8 Å². The number of hydrogen-bond acceptors (Lipinski definition) is 1. The van der Waals surface area contributed by atoms with Gasteiger partial charge in [0.25, 0.3) is 0 Å². The summed E-state index contributed by atoms with van der Waals surface area (Å²) in [6.45, 7) is 2.27.